The van der Waals surface area contributed by atoms with Crippen LogP contribution in [0.1, 0.15) is 0 Å². The molecular weight excluding hydrogens is 1350 g/mol. The van der Waals surface area contributed by atoms with Crippen LogP contribution in [-0.2, 0) is 0 Å². The molecule has 22 aromatic rings. The van der Waals surface area contributed by atoms with E-state index in [4.69, 9.17) is 0 Å². The second kappa shape index (κ2) is 27.7. The number of benzene rings is 18. The van der Waals surface area contributed by atoms with Crippen molar-refractivity contribution in [1.29, 1.82) is 0 Å². The highest BCUT2D eigenvalue weighted by molar-refractivity contribution is 6.15. The zero-order valence-electron chi connectivity index (χ0n) is 61.4. The predicted octanol–water partition coefficient (Wildman–Crippen LogP) is 29.1. The summed E-state index contributed by atoms with van der Waals surface area (Å²) in [6.45, 7) is 0. The molecule has 0 aliphatic heterocycles. The standard InChI is InChI=1S/2C54H36N2/c1-4-14-37(15-5-1)40-24-28-45(29-25-40)55-51-22-12-10-20-47(51)49-30-26-42(36-54(49)55)41-27-31-53-50(35-41)48-21-11-13-23-52(48)56(53)46-33-43(38-16-6-2-7-17-38)32-44(34-46)39-18-8-3-9-19-39;1-3-12-37(13-4-1)39-22-24-41(25-23-39)42-16-11-17-46(34-42)56-52-21-10-8-19-48(52)50-35-43(29-33-53(50)56)44-28-32-49-47-18-7-9-20-51(47)55(54(49)36-44)45-30-26-40(27-31-45)38-14-5-2-6-15-38/h2*1-36H. The van der Waals surface area contributed by atoms with Gasteiger partial charge in [-0.3, -0.25) is 0 Å². The van der Waals surface area contributed by atoms with Gasteiger partial charge in [-0.15, -0.1) is 0 Å². The topological polar surface area (TPSA) is 19.7 Å². The summed E-state index contributed by atoms with van der Waals surface area (Å²) in [6.07, 6.45) is 0. The van der Waals surface area contributed by atoms with Gasteiger partial charge in [-0.25, -0.2) is 0 Å². The van der Waals surface area contributed by atoms with Crippen molar-refractivity contribution in [3.8, 4) is 112 Å². The van der Waals surface area contributed by atoms with Gasteiger partial charge in [-0.2, -0.15) is 0 Å². The van der Waals surface area contributed by atoms with E-state index in [1.54, 1.807) is 0 Å². The molecule has 0 atom stereocenters. The minimum atomic E-state index is 1.15. The molecule has 0 aliphatic carbocycles. The molecule has 0 saturated carbocycles. The molecule has 0 unspecified atom stereocenters. The van der Waals surface area contributed by atoms with E-state index in [0.29, 0.717) is 0 Å². The van der Waals surface area contributed by atoms with E-state index < -0.39 is 0 Å². The second-order valence-electron chi connectivity index (χ2n) is 29.2. The van der Waals surface area contributed by atoms with Crippen molar-refractivity contribution in [2.75, 3.05) is 0 Å². The largest absolute Gasteiger partial charge is 0.309 e. The average molecular weight is 1430 g/mol. The van der Waals surface area contributed by atoms with Crippen LogP contribution in [0.3, 0.4) is 0 Å². The summed E-state index contributed by atoms with van der Waals surface area (Å²) in [4.78, 5) is 0. The maximum Gasteiger partial charge on any atom is 0.0547 e. The maximum atomic E-state index is 2.44. The molecule has 0 amide bonds. The van der Waals surface area contributed by atoms with Crippen molar-refractivity contribution in [2.24, 2.45) is 0 Å². The second-order valence-corrected chi connectivity index (χ2v) is 29.2. The third-order valence-electron chi connectivity index (χ3n) is 22.6. The van der Waals surface area contributed by atoms with Crippen LogP contribution in [0.5, 0.6) is 0 Å². The number of aromatic nitrogens is 4. The van der Waals surface area contributed by atoms with Crippen molar-refractivity contribution in [2.45, 2.75) is 0 Å². The third kappa shape index (κ3) is 11.6. The lowest BCUT2D eigenvalue weighted by molar-refractivity contribution is 1.18. The van der Waals surface area contributed by atoms with E-state index in [1.165, 1.54) is 176 Å². The number of para-hydroxylation sites is 4. The van der Waals surface area contributed by atoms with Gasteiger partial charge in [0.05, 0.1) is 44.1 Å². The number of nitrogens with zero attached hydrogens (tertiary/aromatic N) is 4. The molecule has 0 spiro atoms. The molecule has 4 aromatic heterocycles. The Morgan fingerprint density at radius 3 is 0.714 bits per heavy atom. The number of fused-ring (bicyclic) bond motifs is 12. The number of rotatable bonds is 12. The van der Waals surface area contributed by atoms with Gasteiger partial charge in [0.1, 0.15) is 0 Å². The van der Waals surface area contributed by atoms with E-state index in [2.05, 4.69) is 455 Å². The summed E-state index contributed by atoms with van der Waals surface area (Å²) >= 11 is 0. The third-order valence-corrected chi connectivity index (χ3v) is 22.6. The Hall–Kier alpha value is -14.8. The first kappa shape index (κ1) is 65.5. The molecule has 0 saturated heterocycles. The molecule has 4 nitrogen and oxygen atoms in total. The number of hydrogen-bond donors (Lipinski definition) is 0. The fourth-order valence-corrected chi connectivity index (χ4v) is 17.2. The highest BCUT2D eigenvalue weighted by atomic mass is 15.0. The van der Waals surface area contributed by atoms with Crippen molar-refractivity contribution < 1.29 is 0 Å². The van der Waals surface area contributed by atoms with Crippen molar-refractivity contribution >= 4 is 87.2 Å². The molecule has 112 heavy (non-hydrogen) atoms. The van der Waals surface area contributed by atoms with Gasteiger partial charge in [0.2, 0.25) is 0 Å². The van der Waals surface area contributed by atoms with Crippen LogP contribution in [0.15, 0.2) is 437 Å². The van der Waals surface area contributed by atoms with Gasteiger partial charge in [0.25, 0.3) is 0 Å². The van der Waals surface area contributed by atoms with E-state index in [9.17, 15) is 0 Å². The highest BCUT2D eigenvalue weighted by Gasteiger charge is 2.21. The minimum absolute atomic E-state index is 1.15. The average Bonchev–Trinajstić information content (AvgIpc) is 1.59. The van der Waals surface area contributed by atoms with Gasteiger partial charge in [-0.05, 0) is 204 Å². The molecule has 18 aromatic carbocycles. The number of hydrogen-bond acceptors (Lipinski definition) is 0. The van der Waals surface area contributed by atoms with E-state index in [-0.39, 0.29) is 0 Å². The Balaban J connectivity index is 0.000000141. The van der Waals surface area contributed by atoms with E-state index >= 15 is 0 Å². The van der Waals surface area contributed by atoms with Crippen LogP contribution in [-0.4, -0.2) is 18.3 Å². The molecule has 0 aliphatic rings. The maximum absolute atomic E-state index is 2.44. The summed E-state index contributed by atoms with van der Waals surface area (Å²) in [5.41, 5.74) is 33.5. The quantitative estimate of drug-likeness (QED) is 0.116. The highest BCUT2D eigenvalue weighted by Crippen LogP contribution is 2.44. The summed E-state index contributed by atoms with van der Waals surface area (Å²) in [6, 6.07) is 159. The SMILES string of the molecule is c1ccc(-c2ccc(-c3cccc(-n4c5ccccc5c5cc(-c6ccc7c8ccccc8n(-c8ccc(-c9ccccc9)cc8)c7c6)ccc54)c3)cc2)cc1.c1ccc(-c2ccc(-n3c4ccccc4c4ccc(-c5ccc6c(c5)c5ccccc5n6-c5cc(-c6ccccc6)cc(-c6ccccc6)c5)cc43)cc2)cc1. The summed E-state index contributed by atoms with van der Waals surface area (Å²) in [7, 11) is 0. The minimum Gasteiger partial charge on any atom is -0.309 e. The van der Waals surface area contributed by atoms with Gasteiger partial charge in [0.15, 0.2) is 0 Å². The van der Waals surface area contributed by atoms with Gasteiger partial charge >= 0.3 is 0 Å². The molecule has 4 heteroatoms. The van der Waals surface area contributed by atoms with Crippen LogP contribution >= 0.6 is 0 Å². The molecule has 0 fully saturated rings. The zero-order valence-corrected chi connectivity index (χ0v) is 61.4. The predicted molar refractivity (Wildman–Crippen MR) is 474 cm³/mol. The Bertz CT molecular complexity index is 7230. The van der Waals surface area contributed by atoms with E-state index in [1.807, 2.05) is 0 Å². The Morgan fingerprint density at radius 1 is 0.0982 bits per heavy atom. The molecule has 4 heterocycles. The van der Waals surface area contributed by atoms with Gasteiger partial charge in [0, 0.05) is 65.8 Å². The first-order valence-corrected chi connectivity index (χ1v) is 38.5. The smallest absolute Gasteiger partial charge is 0.0547 e. The molecule has 524 valence electrons. The Labute approximate surface area is 649 Å². The van der Waals surface area contributed by atoms with Crippen molar-refractivity contribution in [1.82, 2.24) is 18.3 Å². The lowest BCUT2D eigenvalue weighted by Crippen LogP contribution is -1.96. The summed E-state index contributed by atoms with van der Waals surface area (Å²) in [5, 5.41) is 9.99. The van der Waals surface area contributed by atoms with Crippen molar-refractivity contribution in [3.05, 3.63) is 437 Å². The van der Waals surface area contributed by atoms with Crippen LogP contribution in [0.2, 0.25) is 0 Å². The zero-order chi connectivity index (χ0) is 74.0. The van der Waals surface area contributed by atoms with Crippen LogP contribution in [0.4, 0.5) is 0 Å². The molecule has 0 bridgehead atoms. The van der Waals surface area contributed by atoms with E-state index in [0.717, 1.165) is 22.7 Å². The molecule has 0 N–H and O–H groups in total. The molecule has 0 radical (unpaired) electrons. The van der Waals surface area contributed by atoms with Crippen LogP contribution in [0, 0.1) is 0 Å². The lowest BCUT2D eigenvalue weighted by Gasteiger charge is -2.14. The fraction of sp³-hybridized carbons (Fsp3) is 0. The molecular formula is C108H72N4. The molecule has 22 rings (SSSR count). The fourth-order valence-electron chi connectivity index (χ4n) is 17.2. The van der Waals surface area contributed by atoms with Crippen LogP contribution < -0.4 is 0 Å². The monoisotopic (exact) mass is 1420 g/mol. The van der Waals surface area contributed by atoms with Gasteiger partial charge < -0.3 is 18.3 Å². The van der Waals surface area contributed by atoms with Crippen LogP contribution in [0.25, 0.3) is 199 Å². The van der Waals surface area contributed by atoms with Crippen molar-refractivity contribution in [3.63, 3.8) is 0 Å². The lowest BCUT2D eigenvalue weighted by atomic mass is 9.98. The Morgan fingerprint density at radius 2 is 0.330 bits per heavy atom. The Kier molecular flexibility index (Phi) is 16.2. The summed E-state index contributed by atoms with van der Waals surface area (Å²) < 4.78 is 9.68. The summed E-state index contributed by atoms with van der Waals surface area (Å²) in [5.74, 6) is 0. The first-order valence-electron chi connectivity index (χ1n) is 38.5. The first-order chi connectivity index (χ1) is 55.5. The van der Waals surface area contributed by atoms with Gasteiger partial charge in [-0.1, -0.05) is 322 Å². The normalized spacial score (nSPS) is 11.6.